The van der Waals surface area contributed by atoms with E-state index in [-0.39, 0.29) is 41.3 Å². The first kappa shape index (κ1) is 22.2. The van der Waals surface area contributed by atoms with Gasteiger partial charge in [-0.25, -0.2) is 17.5 Å². The first-order valence-corrected chi connectivity index (χ1v) is 11.1. The molecule has 1 aliphatic heterocycles. The van der Waals surface area contributed by atoms with Gasteiger partial charge in [-0.1, -0.05) is 12.1 Å². The van der Waals surface area contributed by atoms with Crippen LogP contribution in [0.3, 0.4) is 0 Å². The predicted molar refractivity (Wildman–Crippen MR) is 109 cm³/mol. The summed E-state index contributed by atoms with van der Waals surface area (Å²) in [6.45, 7) is 0.998. The maximum absolute atomic E-state index is 13.9. The summed E-state index contributed by atoms with van der Waals surface area (Å²) in [5.74, 6) is -0.759. The number of halogens is 1. The lowest BCUT2D eigenvalue weighted by Gasteiger charge is -2.18. The molecule has 1 unspecified atom stereocenters. The van der Waals surface area contributed by atoms with Crippen molar-refractivity contribution in [2.45, 2.75) is 30.4 Å². The van der Waals surface area contributed by atoms with Gasteiger partial charge in [-0.15, -0.1) is 0 Å². The van der Waals surface area contributed by atoms with E-state index in [1.54, 1.807) is 19.2 Å². The number of rotatable bonds is 8. The molecule has 2 aromatic carbocycles. The number of methoxy groups -OCH3 is 1. The van der Waals surface area contributed by atoms with Crippen molar-refractivity contribution >= 4 is 15.9 Å². The van der Waals surface area contributed by atoms with Gasteiger partial charge in [0.1, 0.15) is 0 Å². The summed E-state index contributed by atoms with van der Waals surface area (Å²) < 4.78 is 51.9. The lowest BCUT2D eigenvalue weighted by Crippen LogP contribution is -2.32. The number of sulfonamides is 1. The van der Waals surface area contributed by atoms with Crippen molar-refractivity contribution in [1.82, 2.24) is 9.62 Å². The molecule has 0 aliphatic carbocycles. The van der Waals surface area contributed by atoms with E-state index in [4.69, 9.17) is 9.47 Å². The molecule has 1 heterocycles. The van der Waals surface area contributed by atoms with Crippen LogP contribution in [0.1, 0.15) is 28.8 Å². The molecule has 1 fully saturated rings. The van der Waals surface area contributed by atoms with Crippen LogP contribution in [-0.4, -0.2) is 52.6 Å². The van der Waals surface area contributed by atoms with E-state index in [1.165, 1.54) is 42.3 Å². The van der Waals surface area contributed by atoms with Gasteiger partial charge in [0.15, 0.2) is 11.6 Å². The minimum atomic E-state index is -3.77. The largest absolute Gasteiger partial charge is 0.494 e. The Hall–Kier alpha value is -2.49. The second kappa shape index (κ2) is 9.55. The third-order valence-corrected chi connectivity index (χ3v) is 6.32. The maximum Gasteiger partial charge on any atom is 0.253 e. The molecule has 0 bridgehead atoms. The lowest BCUT2D eigenvalue weighted by atomic mass is 10.1. The van der Waals surface area contributed by atoms with Gasteiger partial charge in [0.05, 0.1) is 18.1 Å². The van der Waals surface area contributed by atoms with Crippen molar-refractivity contribution in [3.63, 3.8) is 0 Å². The zero-order chi connectivity index (χ0) is 21.7. The first-order valence-electron chi connectivity index (χ1n) is 9.59. The lowest BCUT2D eigenvalue weighted by molar-refractivity contribution is 0.0784. The van der Waals surface area contributed by atoms with E-state index in [0.29, 0.717) is 12.2 Å². The van der Waals surface area contributed by atoms with Crippen molar-refractivity contribution in [3.05, 3.63) is 59.4 Å². The minimum absolute atomic E-state index is 0.00948. The number of nitrogens with zero attached hydrogens (tertiary/aromatic N) is 1. The fraction of sp³-hybridized carbons (Fsp3) is 0.381. The maximum atomic E-state index is 13.9. The van der Waals surface area contributed by atoms with Gasteiger partial charge in [-0.2, -0.15) is 0 Å². The van der Waals surface area contributed by atoms with Crippen molar-refractivity contribution in [1.29, 1.82) is 0 Å². The minimum Gasteiger partial charge on any atom is -0.494 e. The predicted octanol–water partition coefficient (Wildman–Crippen LogP) is 2.56. The summed E-state index contributed by atoms with van der Waals surface area (Å²) in [4.78, 5) is 14.2. The van der Waals surface area contributed by atoms with Crippen LogP contribution >= 0.6 is 0 Å². The molecule has 1 amide bonds. The average Bonchev–Trinajstić information content (AvgIpc) is 3.26. The zero-order valence-electron chi connectivity index (χ0n) is 16.9. The molecule has 3 rings (SSSR count). The molecule has 0 saturated carbocycles. The molecular formula is C21H25FN2O5S. The van der Waals surface area contributed by atoms with Crippen molar-refractivity contribution in [3.8, 4) is 5.75 Å². The zero-order valence-corrected chi connectivity index (χ0v) is 17.7. The van der Waals surface area contributed by atoms with Crippen LogP contribution in [-0.2, 0) is 21.3 Å². The van der Waals surface area contributed by atoms with Crippen LogP contribution in [0.4, 0.5) is 4.39 Å². The Labute approximate surface area is 175 Å². The quantitative estimate of drug-likeness (QED) is 0.688. The highest BCUT2D eigenvalue weighted by atomic mass is 32.2. The molecule has 30 heavy (non-hydrogen) atoms. The smallest absolute Gasteiger partial charge is 0.253 e. The number of amides is 1. The average molecular weight is 437 g/mol. The van der Waals surface area contributed by atoms with Gasteiger partial charge in [0.25, 0.3) is 5.91 Å². The molecule has 1 saturated heterocycles. The topological polar surface area (TPSA) is 84.9 Å². The summed E-state index contributed by atoms with van der Waals surface area (Å²) in [7, 11) is -0.816. The van der Waals surface area contributed by atoms with Gasteiger partial charge in [0.2, 0.25) is 10.0 Å². The van der Waals surface area contributed by atoms with Crippen LogP contribution in [0.5, 0.6) is 5.75 Å². The Morgan fingerprint density at radius 3 is 2.77 bits per heavy atom. The molecule has 1 atom stereocenters. The van der Waals surface area contributed by atoms with Crippen LogP contribution in [0.25, 0.3) is 0 Å². The molecule has 7 nitrogen and oxygen atoms in total. The molecule has 9 heteroatoms. The second-order valence-electron chi connectivity index (χ2n) is 7.14. The molecule has 0 spiro atoms. The number of benzene rings is 2. The van der Waals surface area contributed by atoms with Crippen LogP contribution in [0, 0.1) is 5.82 Å². The normalized spacial score (nSPS) is 16.4. The van der Waals surface area contributed by atoms with E-state index >= 15 is 0 Å². The Kier molecular flexibility index (Phi) is 7.06. The highest BCUT2D eigenvalue weighted by Crippen LogP contribution is 2.20. The van der Waals surface area contributed by atoms with Gasteiger partial charge >= 0.3 is 0 Å². The first-order chi connectivity index (χ1) is 14.3. The summed E-state index contributed by atoms with van der Waals surface area (Å²) in [6, 6.07) is 10.3. The third-order valence-electron chi connectivity index (χ3n) is 4.90. The molecule has 2 aromatic rings. The molecule has 0 radical (unpaired) electrons. The number of hydrogen-bond donors (Lipinski definition) is 1. The van der Waals surface area contributed by atoms with Gasteiger partial charge in [-0.05, 0) is 48.7 Å². The Morgan fingerprint density at radius 2 is 2.10 bits per heavy atom. The van der Waals surface area contributed by atoms with Crippen molar-refractivity contribution in [2.24, 2.45) is 0 Å². The van der Waals surface area contributed by atoms with Crippen LogP contribution < -0.4 is 9.46 Å². The number of nitrogens with one attached hydrogen (secondary N) is 1. The van der Waals surface area contributed by atoms with Gasteiger partial charge in [-0.3, -0.25) is 4.79 Å². The molecular weight excluding hydrogens is 411 g/mol. The Bertz CT molecular complexity index is 1010. The highest BCUT2D eigenvalue weighted by Gasteiger charge is 2.22. The van der Waals surface area contributed by atoms with E-state index in [1.807, 2.05) is 0 Å². The number of hydrogen-bond acceptors (Lipinski definition) is 5. The Balaban J connectivity index is 1.69. The summed E-state index contributed by atoms with van der Waals surface area (Å²) >= 11 is 0. The number of ether oxygens (including phenoxy) is 2. The fourth-order valence-corrected chi connectivity index (χ4v) is 4.37. The van der Waals surface area contributed by atoms with Crippen molar-refractivity contribution < 1.29 is 27.1 Å². The fourth-order valence-electron chi connectivity index (χ4n) is 3.26. The number of carbonyl (C=O) groups excluding carboxylic acids is 1. The Morgan fingerprint density at radius 1 is 1.30 bits per heavy atom. The molecule has 1 N–H and O–H groups in total. The number of carbonyl (C=O) groups is 1. The second-order valence-corrected chi connectivity index (χ2v) is 8.91. The van der Waals surface area contributed by atoms with Gasteiger partial charge in [0, 0.05) is 32.3 Å². The van der Waals surface area contributed by atoms with Crippen LogP contribution in [0.15, 0.2) is 47.4 Å². The van der Waals surface area contributed by atoms with E-state index in [9.17, 15) is 17.6 Å². The van der Waals surface area contributed by atoms with E-state index < -0.39 is 15.8 Å². The summed E-state index contributed by atoms with van der Waals surface area (Å²) in [5, 5.41) is 0. The summed E-state index contributed by atoms with van der Waals surface area (Å²) in [6.07, 6.45) is 1.61. The van der Waals surface area contributed by atoms with E-state index in [0.717, 1.165) is 12.8 Å². The third kappa shape index (κ3) is 5.35. The molecule has 0 aromatic heterocycles. The van der Waals surface area contributed by atoms with Crippen LogP contribution in [0.2, 0.25) is 0 Å². The standard InChI is InChI=1S/C21H25FN2O5S/c1-24(14-15-8-9-20(28-2)19(22)11-15)21(25)16-5-3-7-18(12-16)30(26,27)23-13-17-6-4-10-29-17/h3,5,7-9,11-12,17,23H,4,6,10,13-14H2,1-2H3. The van der Waals surface area contributed by atoms with E-state index in [2.05, 4.69) is 4.72 Å². The van der Waals surface area contributed by atoms with Crippen molar-refractivity contribution in [2.75, 3.05) is 27.3 Å². The SMILES string of the molecule is COc1ccc(CN(C)C(=O)c2cccc(S(=O)(=O)NCC3CCCO3)c2)cc1F. The molecule has 162 valence electrons. The van der Waals surface area contributed by atoms with Gasteiger partial charge < -0.3 is 14.4 Å². The highest BCUT2D eigenvalue weighted by molar-refractivity contribution is 7.89. The monoisotopic (exact) mass is 436 g/mol. The molecule has 1 aliphatic rings. The summed E-state index contributed by atoms with van der Waals surface area (Å²) in [5.41, 5.74) is 0.817.